The van der Waals surface area contributed by atoms with Crippen molar-refractivity contribution in [2.24, 2.45) is 0 Å². The van der Waals surface area contributed by atoms with Gasteiger partial charge < -0.3 is 14.7 Å². The molecule has 1 unspecified atom stereocenters. The van der Waals surface area contributed by atoms with Gasteiger partial charge in [0, 0.05) is 23.6 Å². The summed E-state index contributed by atoms with van der Waals surface area (Å²) < 4.78 is 5.76. The summed E-state index contributed by atoms with van der Waals surface area (Å²) in [4.78, 5) is 25.4. The van der Waals surface area contributed by atoms with Crippen LogP contribution in [0, 0.1) is 0 Å². The van der Waals surface area contributed by atoms with Crippen LogP contribution in [0.4, 0.5) is 0 Å². The molecule has 1 aromatic carbocycles. The number of carbonyl (C=O) groups is 2. The van der Waals surface area contributed by atoms with E-state index in [1.54, 1.807) is 16.7 Å². The van der Waals surface area contributed by atoms with Gasteiger partial charge in [0.05, 0.1) is 25.0 Å². The van der Waals surface area contributed by atoms with Crippen LogP contribution < -0.4 is 4.74 Å². The Morgan fingerprint density at radius 1 is 1.39 bits per heavy atom. The van der Waals surface area contributed by atoms with Gasteiger partial charge >= 0.3 is 5.97 Å². The molecule has 126 valence electrons. The average Bonchev–Trinajstić information content (AvgIpc) is 2.48. The SMILES string of the molecule is CC(C)Oc1ccccc1CC(=O)N1CCSCC1CC(=O)O. The minimum Gasteiger partial charge on any atom is -0.491 e. The van der Waals surface area contributed by atoms with Crippen molar-refractivity contribution in [2.75, 3.05) is 18.1 Å². The van der Waals surface area contributed by atoms with E-state index in [1.807, 2.05) is 38.1 Å². The van der Waals surface area contributed by atoms with E-state index in [9.17, 15) is 9.59 Å². The van der Waals surface area contributed by atoms with Crippen LogP contribution in [0.3, 0.4) is 0 Å². The van der Waals surface area contributed by atoms with Gasteiger partial charge in [-0.1, -0.05) is 18.2 Å². The first-order valence-corrected chi connectivity index (χ1v) is 8.96. The third kappa shape index (κ3) is 5.16. The first-order valence-electron chi connectivity index (χ1n) is 7.81. The minimum atomic E-state index is -0.862. The lowest BCUT2D eigenvalue weighted by Crippen LogP contribution is -2.47. The van der Waals surface area contributed by atoms with E-state index in [0.29, 0.717) is 12.3 Å². The molecule has 0 aromatic heterocycles. The zero-order valence-electron chi connectivity index (χ0n) is 13.5. The summed E-state index contributed by atoms with van der Waals surface area (Å²) in [6, 6.07) is 7.30. The largest absolute Gasteiger partial charge is 0.491 e. The molecule has 1 fully saturated rings. The van der Waals surface area contributed by atoms with Crippen molar-refractivity contribution in [3.63, 3.8) is 0 Å². The Morgan fingerprint density at radius 3 is 2.83 bits per heavy atom. The molecular formula is C17H23NO4S. The topological polar surface area (TPSA) is 66.8 Å². The molecule has 1 atom stereocenters. The van der Waals surface area contributed by atoms with Crippen LogP contribution in [-0.2, 0) is 16.0 Å². The smallest absolute Gasteiger partial charge is 0.305 e. The molecule has 1 saturated heterocycles. The average molecular weight is 337 g/mol. The first kappa shape index (κ1) is 17.7. The summed E-state index contributed by atoms with van der Waals surface area (Å²) in [5.41, 5.74) is 0.846. The maximum Gasteiger partial charge on any atom is 0.305 e. The molecule has 0 saturated carbocycles. The molecule has 1 N–H and O–H groups in total. The van der Waals surface area contributed by atoms with Crippen molar-refractivity contribution in [2.45, 2.75) is 38.8 Å². The summed E-state index contributed by atoms with van der Waals surface area (Å²) in [6.07, 6.45) is 0.282. The van der Waals surface area contributed by atoms with Crippen molar-refractivity contribution in [1.29, 1.82) is 0 Å². The molecule has 5 nitrogen and oxygen atoms in total. The van der Waals surface area contributed by atoms with Crippen molar-refractivity contribution < 1.29 is 19.4 Å². The molecule has 0 radical (unpaired) electrons. The molecule has 0 aliphatic carbocycles. The van der Waals surface area contributed by atoms with Gasteiger partial charge in [-0.2, -0.15) is 11.8 Å². The Hall–Kier alpha value is -1.69. The number of thioether (sulfide) groups is 1. The lowest BCUT2D eigenvalue weighted by molar-refractivity contribution is -0.140. The maximum absolute atomic E-state index is 12.7. The van der Waals surface area contributed by atoms with Crippen molar-refractivity contribution >= 4 is 23.6 Å². The molecule has 1 aliphatic heterocycles. The van der Waals surface area contributed by atoms with Crippen molar-refractivity contribution in [1.82, 2.24) is 4.90 Å². The molecule has 2 rings (SSSR count). The van der Waals surface area contributed by atoms with Crippen LogP contribution >= 0.6 is 11.8 Å². The predicted octanol–water partition coefficient (Wildman–Crippen LogP) is 2.44. The lowest BCUT2D eigenvalue weighted by atomic mass is 10.1. The second-order valence-corrected chi connectivity index (χ2v) is 7.01. The van der Waals surface area contributed by atoms with Gasteiger partial charge in [-0.15, -0.1) is 0 Å². The monoisotopic (exact) mass is 337 g/mol. The second-order valence-electron chi connectivity index (χ2n) is 5.86. The molecule has 1 aromatic rings. The quantitative estimate of drug-likeness (QED) is 0.863. The van der Waals surface area contributed by atoms with Crippen LogP contribution in [0.15, 0.2) is 24.3 Å². The summed E-state index contributed by atoms with van der Waals surface area (Å²) in [6.45, 7) is 4.50. The minimum absolute atomic E-state index is 0.00286. The number of amides is 1. The highest BCUT2D eigenvalue weighted by Crippen LogP contribution is 2.24. The summed E-state index contributed by atoms with van der Waals surface area (Å²) in [5.74, 6) is 1.36. The van der Waals surface area contributed by atoms with E-state index in [-0.39, 0.29) is 30.9 Å². The fraction of sp³-hybridized carbons (Fsp3) is 0.529. The van der Waals surface area contributed by atoms with Gasteiger partial charge in [-0.25, -0.2) is 0 Å². The summed E-state index contributed by atoms with van der Waals surface area (Å²) in [7, 11) is 0. The number of carboxylic acid groups (broad SMARTS) is 1. The lowest BCUT2D eigenvalue weighted by Gasteiger charge is -2.34. The number of aliphatic carboxylic acids is 1. The fourth-order valence-electron chi connectivity index (χ4n) is 2.64. The number of carboxylic acids is 1. The molecule has 6 heteroatoms. The number of para-hydroxylation sites is 1. The molecular weight excluding hydrogens is 314 g/mol. The van der Waals surface area contributed by atoms with E-state index in [2.05, 4.69) is 0 Å². The predicted molar refractivity (Wildman–Crippen MR) is 91.0 cm³/mol. The summed E-state index contributed by atoms with van der Waals surface area (Å²) in [5, 5.41) is 9.03. The Balaban J connectivity index is 2.09. The molecule has 1 aliphatic rings. The van der Waals surface area contributed by atoms with Crippen LogP contribution in [0.5, 0.6) is 5.75 Å². The molecule has 0 bridgehead atoms. The van der Waals surface area contributed by atoms with Gasteiger partial charge in [0.15, 0.2) is 0 Å². The highest BCUT2D eigenvalue weighted by atomic mass is 32.2. The van der Waals surface area contributed by atoms with Gasteiger partial charge in [-0.3, -0.25) is 9.59 Å². The standard InChI is InChI=1S/C17H23NO4S/c1-12(2)22-15-6-4-3-5-13(15)9-16(19)18-7-8-23-11-14(18)10-17(20)21/h3-6,12,14H,7-11H2,1-2H3,(H,20,21). The number of carbonyl (C=O) groups excluding carboxylic acids is 1. The van der Waals surface area contributed by atoms with E-state index in [0.717, 1.165) is 17.1 Å². The van der Waals surface area contributed by atoms with Crippen molar-refractivity contribution in [3.8, 4) is 5.75 Å². The van der Waals surface area contributed by atoms with E-state index in [1.165, 1.54) is 0 Å². The number of nitrogens with zero attached hydrogens (tertiary/aromatic N) is 1. The zero-order chi connectivity index (χ0) is 16.8. The second kappa shape index (κ2) is 8.24. The Bertz CT molecular complexity index is 561. The Morgan fingerprint density at radius 2 is 2.13 bits per heavy atom. The maximum atomic E-state index is 12.7. The molecule has 0 spiro atoms. The zero-order valence-corrected chi connectivity index (χ0v) is 14.3. The molecule has 23 heavy (non-hydrogen) atoms. The van der Waals surface area contributed by atoms with Gasteiger partial charge in [0.25, 0.3) is 0 Å². The number of hydrogen-bond donors (Lipinski definition) is 1. The van der Waals surface area contributed by atoms with Gasteiger partial charge in [0.2, 0.25) is 5.91 Å². The number of ether oxygens (including phenoxy) is 1. The van der Waals surface area contributed by atoms with Crippen LogP contribution in [0.2, 0.25) is 0 Å². The van der Waals surface area contributed by atoms with Crippen LogP contribution in [0.1, 0.15) is 25.8 Å². The Labute approximate surface area is 141 Å². The van der Waals surface area contributed by atoms with Crippen molar-refractivity contribution in [3.05, 3.63) is 29.8 Å². The number of benzene rings is 1. The van der Waals surface area contributed by atoms with Gasteiger partial charge in [0.1, 0.15) is 5.75 Å². The molecule has 1 amide bonds. The normalized spacial score (nSPS) is 18.0. The van der Waals surface area contributed by atoms with E-state index >= 15 is 0 Å². The third-order valence-corrected chi connectivity index (χ3v) is 4.73. The summed E-state index contributed by atoms with van der Waals surface area (Å²) >= 11 is 1.70. The highest BCUT2D eigenvalue weighted by molar-refractivity contribution is 7.99. The van der Waals surface area contributed by atoms with Gasteiger partial charge in [-0.05, 0) is 19.9 Å². The Kier molecular flexibility index (Phi) is 6.33. The van der Waals surface area contributed by atoms with Crippen LogP contribution in [0.25, 0.3) is 0 Å². The van der Waals surface area contributed by atoms with Crippen LogP contribution in [-0.4, -0.2) is 52.1 Å². The van der Waals surface area contributed by atoms with E-state index < -0.39 is 5.97 Å². The van der Waals surface area contributed by atoms with E-state index in [4.69, 9.17) is 9.84 Å². The molecule has 1 heterocycles. The first-order chi connectivity index (χ1) is 11.0. The third-order valence-electron chi connectivity index (χ3n) is 3.64. The fourth-order valence-corrected chi connectivity index (χ4v) is 3.70. The number of rotatable bonds is 6. The number of hydrogen-bond acceptors (Lipinski definition) is 4. The highest BCUT2D eigenvalue weighted by Gasteiger charge is 2.29.